The third kappa shape index (κ3) is 2.86. The van der Waals surface area contributed by atoms with Gasteiger partial charge in [-0.05, 0) is 23.9 Å². The second-order valence-corrected chi connectivity index (χ2v) is 4.53. The number of rotatable bonds is 4. The Morgan fingerprint density at radius 2 is 2.36 bits per heavy atom. The zero-order valence-electron chi connectivity index (χ0n) is 8.17. The minimum atomic E-state index is 0.296. The van der Waals surface area contributed by atoms with E-state index in [0.29, 0.717) is 16.6 Å². The van der Waals surface area contributed by atoms with E-state index in [-0.39, 0.29) is 0 Å². The molecule has 0 spiro atoms. The average molecular weight is 230 g/mol. The van der Waals surface area contributed by atoms with E-state index in [1.54, 1.807) is 0 Å². The number of nitriles is 1. The summed E-state index contributed by atoms with van der Waals surface area (Å²) in [5.74, 6) is 0.649. The molecule has 0 saturated heterocycles. The highest BCUT2D eigenvalue weighted by atomic mass is 35.5. The molecule has 0 aliphatic rings. The lowest BCUT2D eigenvalue weighted by Crippen LogP contribution is -2.04. The molecule has 1 rings (SSSR count). The molecular formula is C9H12ClN3S. The summed E-state index contributed by atoms with van der Waals surface area (Å²) in [6.45, 7) is 5.17. The van der Waals surface area contributed by atoms with Gasteiger partial charge in [0.1, 0.15) is 16.6 Å². The van der Waals surface area contributed by atoms with Gasteiger partial charge < -0.3 is 5.32 Å². The first-order valence-electron chi connectivity index (χ1n) is 4.44. The van der Waals surface area contributed by atoms with Gasteiger partial charge in [-0.25, -0.2) is 0 Å². The summed E-state index contributed by atoms with van der Waals surface area (Å²) in [6, 6.07) is 2.04. The van der Waals surface area contributed by atoms with Gasteiger partial charge in [0.15, 0.2) is 5.15 Å². The monoisotopic (exact) mass is 229 g/mol. The predicted molar refractivity (Wildman–Crippen MR) is 59.8 cm³/mol. The Morgan fingerprint density at radius 3 is 2.93 bits per heavy atom. The summed E-state index contributed by atoms with van der Waals surface area (Å²) in [4.78, 5) is 0. The van der Waals surface area contributed by atoms with Crippen LogP contribution in [-0.4, -0.2) is 10.9 Å². The molecule has 0 bridgehead atoms. The van der Waals surface area contributed by atoms with Crippen molar-refractivity contribution in [2.45, 2.75) is 20.3 Å². The summed E-state index contributed by atoms with van der Waals surface area (Å²) in [6.07, 6.45) is 1.07. The molecule has 14 heavy (non-hydrogen) atoms. The summed E-state index contributed by atoms with van der Waals surface area (Å²) in [5.41, 5.74) is 0.459. The zero-order chi connectivity index (χ0) is 10.6. The molecular weight excluding hydrogens is 218 g/mol. The highest BCUT2D eigenvalue weighted by Gasteiger charge is 2.10. The molecule has 0 saturated carbocycles. The number of nitrogens with one attached hydrogen (secondary N) is 1. The third-order valence-electron chi connectivity index (χ3n) is 1.77. The highest BCUT2D eigenvalue weighted by Crippen LogP contribution is 2.27. The zero-order valence-corrected chi connectivity index (χ0v) is 9.74. The Balaban J connectivity index is 2.55. The van der Waals surface area contributed by atoms with Crippen molar-refractivity contribution in [2.24, 2.45) is 5.92 Å². The van der Waals surface area contributed by atoms with E-state index in [1.807, 2.05) is 6.07 Å². The van der Waals surface area contributed by atoms with Crippen molar-refractivity contribution in [1.29, 1.82) is 5.26 Å². The molecule has 1 aromatic heterocycles. The van der Waals surface area contributed by atoms with Gasteiger partial charge in [-0.1, -0.05) is 25.4 Å². The lowest BCUT2D eigenvalue weighted by Gasteiger charge is -2.05. The normalized spacial score (nSPS) is 10.2. The Morgan fingerprint density at radius 1 is 1.64 bits per heavy atom. The van der Waals surface area contributed by atoms with Gasteiger partial charge in [0.05, 0.1) is 0 Å². The quantitative estimate of drug-likeness (QED) is 0.863. The molecule has 5 heteroatoms. The molecule has 0 aliphatic heterocycles. The van der Waals surface area contributed by atoms with Crippen molar-refractivity contribution in [1.82, 2.24) is 4.37 Å². The van der Waals surface area contributed by atoms with Crippen molar-refractivity contribution in [2.75, 3.05) is 11.9 Å². The molecule has 1 aromatic rings. The van der Waals surface area contributed by atoms with Gasteiger partial charge in [0, 0.05) is 6.54 Å². The van der Waals surface area contributed by atoms with Crippen LogP contribution in [0.3, 0.4) is 0 Å². The first-order valence-corrected chi connectivity index (χ1v) is 5.59. The van der Waals surface area contributed by atoms with E-state index < -0.39 is 0 Å². The maximum atomic E-state index is 8.79. The van der Waals surface area contributed by atoms with Crippen molar-refractivity contribution in [3.8, 4) is 6.07 Å². The van der Waals surface area contributed by atoms with E-state index in [2.05, 4.69) is 23.5 Å². The first kappa shape index (κ1) is 11.3. The van der Waals surface area contributed by atoms with Crippen LogP contribution >= 0.6 is 23.1 Å². The Labute approximate surface area is 92.9 Å². The van der Waals surface area contributed by atoms with E-state index >= 15 is 0 Å². The fourth-order valence-electron chi connectivity index (χ4n) is 0.963. The minimum Gasteiger partial charge on any atom is -0.375 e. The van der Waals surface area contributed by atoms with Gasteiger partial charge in [-0.2, -0.15) is 9.64 Å². The number of hydrogen-bond acceptors (Lipinski definition) is 4. The molecule has 3 nitrogen and oxygen atoms in total. The van der Waals surface area contributed by atoms with Crippen LogP contribution in [0.15, 0.2) is 0 Å². The Hall–Kier alpha value is -0.790. The number of hydrogen-bond donors (Lipinski definition) is 1. The van der Waals surface area contributed by atoms with Gasteiger partial charge in [-0.15, -0.1) is 0 Å². The molecule has 0 aliphatic carbocycles. The molecule has 76 valence electrons. The van der Waals surface area contributed by atoms with Crippen LogP contribution in [0.5, 0.6) is 0 Å². The first-order chi connectivity index (χ1) is 6.65. The molecule has 0 fully saturated rings. The molecule has 0 aromatic carbocycles. The average Bonchev–Trinajstić information content (AvgIpc) is 2.46. The Bertz CT molecular complexity index is 340. The lowest BCUT2D eigenvalue weighted by molar-refractivity contribution is 0.607. The van der Waals surface area contributed by atoms with Crippen LogP contribution in [0.2, 0.25) is 5.15 Å². The van der Waals surface area contributed by atoms with Gasteiger partial charge in [0.2, 0.25) is 0 Å². The third-order valence-corrected chi connectivity index (χ3v) is 2.95. The fraction of sp³-hybridized carbons (Fsp3) is 0.556. The standard InChI is InChI=1S/C9H12ClN3S/c1-6(2)3-4-12-9-7(5-11)8(10)13-14-9/h6,12H,3-4H2,1-2H3. The van der Waals surface area contributed by atoms with Crippen LogP contribution in [0, 0.1) is 17.2 Å². The van der Waals surface area contributed by atoms with E-state index in [4.69, 9.17) is 16.9 Å². The number of anilines is 1. The van der Waals surface area contributed by atoms with Crippen LogP contribution in [0.25, 0.3) is 0 Å². The summed E-state index contributed by atoms with van der Waals surface area (Å²) in [7, 11) is 0. The fourth-order valence-corrected chi connectivity index (χ4v) is 1.92. The minimum absolute atomic E-state index is 0.296. The van der Waals surface area contributed by atoms with E-state index in [0.717, 1.165) is 18.0 Å². The summed E-state index contributed by atoms with van der Waals surface area (Å²) < 4.78 is 3.91. The number of nitrogens with zero attached hydrogens (tertiary/aromatic N) is 2. The maximum absolute atomic E-state index is 8.79. The summed E-state index contributed by atoms with van der Waals surface area (Å²) in [5, 5.41) is 13.0. The van der Waals surface area contributed by atoms with Gasteiger partial charge >= 0.3 is 0 Å². The molecule has 0 amide bonds. The lowest BCUT2D eigenvalue weighted by atomic mass is 10.1. The van der Waals surface area contributed by atoms with Crippen LogP contribution in [-0.2, 0) is 0 Å². The van der Waals surface area contributed by atoms with Crippen molar-refractivity contribution in [3.63, 3.8) is 0 Å². The highest BCUT2D eigenvalue weighted by molar-refractivity contribution is 7.10. The second-order valence-electron chi connectivity index (χ2n) is 3.40. The number of halogens is 1. The van der Waals surface area contributed by atoms with Crippen LogP contribution in [0.4, 0.5) is 5.00 Å². The molecule has 1 heterocycles. The van der Waals surface area contributed by atoms with E-state index in [1.165, 1.54) is 11.5 Å². The SMILES string of the molecule is CC(C)CCNc1snc(Cl)c1C#N. The molecule has 1 N–H and O–H groups in total. The second kappa shape index (κ2) is 5.18. The van der Waals surface area contributed by atoms with Crippen molar-refractivity contribution >= 4 is 28.1 Å². The van der Waals surface area contributed by atoms with Gasteiger partial charge in [0.25, 0.3) is 0 Å². The predicted octanol–water partition coefficient (Wildman–Crippen LogP) is 3.13. The number of aromatic nitrogens is 1. The molecule has 0 atom stereocenters. The van der Waals surface area contributed by atoms with Crippen molar-refractivity contribution in [3.05, 3.63) is 10.7 Å². The van der Waals surface area contributed by atoms with E-state index in [9.17, 15) is 0 Å². The van der Waals surface area contributed by atoms with Crippen LogP contribution in [0.1, 0.15) is 25.8 Å². The topological polar surface area (TPSA) is 48.7 Å². The maximum Gasteiger partial charge on any atom is 0.162 e. The molecule has 0 radical (unpaired) electrons. The Kier molecular flexibility index (Phi) is 4.18. The smallest absolute Gasteiger partial charge is 0.162 e. The van der Waals surface area contributed by atoms with Gasteiger partial charge in [-0.3, -0.25) is 0 Å². The van der Waals surface area contributed by atoms with Crippen LogP contribution < -0.4 is 5.32 Å². The largest absolute Gasteiger partial charge is 0.375 e. The molecule has 0 unspecified atom stereocenters. The van der Waals surface area contributed by atoms with Crippen molar-refractivity contribution < 1.29 is 0 Å². The summed E-state index contributed by atoms with van der Waals surface area (Å²) >= 11 is 6.96.